The molecule has 0 spiro atoms. The van der Waals surface area contributed by atoms with Gasteiger partial charge in [0.15, 0.2) is 0 Å². The smallest absolute Gasteiger partial charge is 0.118 e. The fourth-order valence-electron chi connectivity index (χ4n) is 2.57. The van der Waals surface area contributed by atoms with Crippen molar-refractivity contribution < 1.29 is 14.6 Å². The molecule has 22 heavy (non-hydrogen) atoms. The fraction of sp³-hybridized carbons (Fsp3) is 0.368. The minimum Gasteiger partial charge on any atom is -0.497 e. The summed E-state index contributed by atoms with van der Waals surface area (Å²) in [6.45, 7) is 4.07. The largest absolute Gasteiger partial charge is 0.497 e. The molecule has 2 aromatic carbocycles. The van der Waals surface area contributed by atoms with Gasteiger partial charge in [0.2, 0.25) is 0 Å². The number of methoxy groups -OCH3 is 2. The lowest BCUT2D eigenvalue weighted by atomic mass is 9.78. The third-order valence-electron chi connectivity index (χ3n) is 4.18. The van der Waals surface area contributed by atoms with E-state index in [4.69, 9.17) is 9.47 Å². The van der Waals surface area contributed by atoms with Crippen LogP contribution in [0.25, 0.3) is 0 Å². The van der Waals surface area contributed by atoms with Gasteiger partial charge >= 0.3 is 0 Å². The van der Waals surface area contributed by atoms with Gasteiger partial charge in [-0.25, -0.2) is 0 Å². The van der Waals surface area contributed by atoms with Crippen molar-refractivity contribution in [2.24, 2.45) is 5.92 Å². The van der Waals surface area contributed by atoms with Crippen molar-refractivity contribution in [1.82, 2.24) is 0 Å². The summed E-state index contributed by atoms with van der Waals surface area (Å²) < 4.78 is 10.4. The van der Waals surface area contributed by atoms with Crippen LogP contribution in [0, 0.1) is 5.92 Å². The third kappa shape index (κ3) is 3.42. The molecule has 0 saturated heterocycles. The van der Waals surface area contributed by atoms with Gasteiger partial charge in [0.1, 0.15) is 11.5 Å². The molecule has 0 bridgehead atoms. The van der Waals surface area contributed by atoms with E-state index in [1.165, 1.54) is 0 Å². The number of rotatable bonds is 6. The highest BCUT2D eigenvalue weighted by Crippen LogP contribution is 2.34. The molecule has 2 rings (SSSR count). The molecule has 0 aliphatic rings. The monoisotopic (exact) mass is 300 g/mol. The molecule has 0 amide bonds. The topological polar surface area (TPSA) is 38.7 Å². The zero-order valence-electron chi connectivity index (χ0n) is 13.7. The number of ether oxygens (including phenoxy) is 2. The van der Waals surface area contributed by atoms with Gasteiger partial charge in [-0.1, -0.05) is 38.1 Å². The summed E-state index contributed by atoms with van der Waals surface area (Å²) in [7, 11) is 3.29. The lowest BCUT2D eigenvalue weighted by Gasteiger charge is -2.33. The summed E-state index contributed by atoms with van der Waals surface area (Å²) in [4.78, 5) is 0. The van der Waals surface area contributed by atoms with Crippen molar-refractivity contribution in [2.45, 2.75) is 25.9 Å². The molecule has 2 aromatic rings. The molecule has 118 valence electrons. The van der Waals surface area contributed by atoms with Crippen LogP contribution in [0.2, 0.25) is 0 Å². The van der Waals surface area contributed by atoms with E-state index in [-0.39, 0.29) is 5.92 Å². The molecule has 3 heteroatoms. The maximum absolute atomic E-state index is 11.2. The maximum atomic E-state index is 11.2. The SMILES string of the molecule is COc1ccc(CC(O)(c2ccc(OC)cc2)C(C)C)cc1. The van der Waals surface area contributed by atoms with Gasteiger partial charge in [0, 0.05) is 6.42 Å². The van der Waals surface area contributed by atoms with Crippen LogP contribution in [0.3, 0.4) is 0 Å². The van der Waals surface area contributed by atoms with Crippen LogP contribution in [0.5, 0.6) is 11.5 Å². The molecule has 0 saturated carbocycles. The van der Waals surface area contributed by atoms with Crippen molar-refractivity contribution in [1.29, 1.82) is 0 Å². The quantitative estimate of drug-likeness (QED) is 0.882. The van der Waals surface area contributed by atoms with E-state index >= 15 is 0 Å². The van der Waals surface area contributed by atoms with Crippen molar-refractivity contribution in [2.75, 3.05) is 14.2 Å². The first-order valence-electron chi connectivity index (χ1n) is 7.49. The first-order chi connectivity index (χ1) is 10.5. The second-order valence-corrected chi connectivity index (χ2v) is 5.83. The molecule has 0 aliphatic heterocycles. The highest BCUT2D eigenvalue weighted by molar-refractivity contribution is 5.34. The zero-order chi connectivity index (χ0) is 16.2. The lowest BCUT2D eigenvalue weighted by molar-refractivity contribution is -0.0100. The highest BCUT2D eigenvalue weighted by atomic mass is 16.5. The normalized spacial score (nSPS) is 13.7. The van der Waals surface area contributed by atoms with E-state index in [2.05, 4.69) is 0 Å². The Kier molecular flexibility index (Phi) is 5.09. The summed E-state index contributed by atoms with van der Waals surface area (Å²) in [5.41, 5.74) is 1.06. The summed E-state index contributed by atoms with van der Waals surface area (Å²) >= 11 is 0. The summed E-state index contributed by atoms with van der Waals surface area (Å²) in [5, 5.41) is 11.2. The maximum Gasteiger partial charge on any atom is 0.118 e. The average molecular weight is 300 g/mol. The third-order valence-corrected chi connectivity index (χ3v) is 4.18. The zero-order valence-corrected chi connectivity index (χ0v) is 13.7. The Labute approximate surface area is 132 Å². The standard InChI is InChI=1S/C19H24O3/c1-14(2)19(20,16-7-11-18(22-4)12-8-16)13-15-5-9-17(21-3)10-6-15/h5-12,14,20H,13H2,1-4H3. The molecule has 1 unspecified atom stereocenters. The van der Waals surface area contributed by atoms with Crippen molar-refractivity contribution in [3.05, 3.63) is 59.7 Å². The van der Waals surface area contributed by atoms with Crippen molar-refractivity contribution in [3.8, 4) is 11.5 Å². The molecule has 0 heterocycles. The second kappa shape index (κ2) is 6.84. The number of aliphatic hydroxyl groups is 1. The molecule has 0 aliphatic carbocycles. The van der Waals surface area contributed by atoms with Crippen LogP contribution in [-0.2, 0) is 12.0 Å². The Morgan fingerprint density at radius 1 is 0.864 bits per heavy atom. The molecule has 1 atom stereocenters. The number of hydrogen-bond donors (Lipinski definition) is 1. The lowest BCUT2D eigenvalue weighted by Crippen LogP contribution is -2.34. The van der Waals surface area contributed by atoms with Crippen LogP contribution in [0.4, 0.5) is 0 Å². The van der Waals surface area contributed by atoms with E-state index < -0.39 is 5.60 Å². The predicted molar refractivity (Wildman–Crippen MR) is 88.4 cm³/mol. The average Bonchev–Trinajstić information content (AvgIpc) is 2.55. The summed E-state index contributed by atoms with van der Waals surface area (Å²) in [5.74, 6) is 1.70. The molecular formula is C19H24O3. The molecular weight excluding hydrogens is 276 g/mol. The van der Waals surface area contributed by atoms with E-state index in [9.17, 15) is 5.11 Å². The van der Waals surface area contributed by atoms with E-state index in [1.807, 2.05) is 62.4 Å². The summed E-state index contributed by atoms with van der Waals surface area (Å²) in [6, 6.07) is 15.5. The Morgan fingerprint density at radius 2 is 1.32 bits per heavy atom. The van der Waals surface area contributed by atoms with Gasteiger partial charge < -0.3 is 14.6 Å². The number of benzene rings is 2. The number of hydrogen-bond acceptors (Lipinski definition) is 3. The van der Waals surface area contributed by atoms with E-state index in [0.717, 1.165) is 22.6 Å². The Hall–Kier alpha value is -2.00. The van der Waals surface area contributed by atoms with Gasteiger partial charge in [-0.15, -0.1) is 0 Å². The van der Waals surface area contributed by atoms with Crippen molar-refractivity contribution >= 4 is 0 Å². The van der Waals surface area contributed by atoms with Gasteiger partial charge in [-0.05, 0) is 41.3 Å². The van der Waals surface area contributed by atoms with Gasteiger partial charge in [-0.3, -0.25) is 0 Å². The van der Waals surface area contributed by atoms with Gasteiger partial charge in [-0.2, -0.15) is 0 Å². The molecule has 0 fully saturated rings. The van der Waals surface area contributed by atoms with Gasteiger partial charge in [0.25, 0.3) is 0 Å². The van der Waals surface area contributed by atoms with Crippen molar-refractivity contribution in [3.63, 3.8) is 0 Å². The molecule has 0 radical (unpaired) electrons. The molecule has 1 N–H and O–H groups in total. The minimum atomic E-state index is -0.916. The van der Waals surface area contributed by atoms with Crippen LogP contribution in [0.15, 0.2) is 48.5 Å². The van der Waals surface area contributed by atoms with Gasteiger partial charge in [0.05, 0.1) is 19.8 Å². The Morgan fingerprint density at radius 3 is 1.73 bits per heavy atom. The van der Waals surface area contributed by atoms with Crippen LogP contribution >= 0.6 is 0 Å². The Bertz CT molecular complexity index is 587. The van der Waals surface area contributed by atoms with Crippen LogP contribution in [-0.4, -0.2) is 19.3 Å². The Balaban J connectivity index is 2.29. The predicted octanol–water partition coefficient (Wildman–Crippen LogP) is 3.79. The highest BCUT2D eigenvalue weighted by Gasteiger charge is 2.33. The van der Waals surface area contributed by atoms with Crippen LogP contribution < -0.4 is 9.47 Å². The first kappa shape index (κ1) is 16.4. The van der Waals surface area contributed by atoms with E-state index in [1.54, 1.807) is 14.2 Å². The summed E-state index contributed by atoms with van der Waals surface area (Å²) in [6.07, 6.45) is 0.557. The molecule has 0 aromatic heterocycles. The minimum absolute atomic E-state index is 0.0861. The fourth-order valence-corrected chi connectivity index (χ4v) is 2.57. The second-order valence-electron chi connectivity index (χ2n) is 5.83. The van der Waals surface area contributed by atoms with E-state index in [0.29, 0.717) is 6.42 Å². The first-order valence-corrected chi connectivity index (χ1v) is 7.49. The van der Waals surface area contributed by atoms with Crippen LogP contribution in [0.1, 0.15) is 25.0 Å². The molecule has 3 nitrogen and oxygen atoms in total.